The highest BCUT2D eigenvalue weighted by Crippen LogP contribution is 2.20. The van der Waals surface area contributed by atoms with Gasteiger partial charge in [0.05, 0.1) is 0 Å². The van der Waals surface area contributed by atoms with Gasteiger partial charge in [-0.15, -0.1) is 0 Å². The van der Waals surface area contributed by atoms with Gasteiger partial charge in [-0.1, -0.05) is 6.07 Å². The molecule has 2 rings (SSSR count). The van der Waals surface area contributed by atoms with Gasteiger partial charge in [0.1, 0.15) is 0 Å². The van der Waals surface area contributed by atoms with Crippen LogP contribution in [-0.4, -0.2) is 32.0 Å². The summed E-state index contributed by atoms with van der Waals surface area (Å²) in [7, 11) is 1.59. The fraction of sp³-hybridized carbons (Fsp3) is 0.500. The Morgan fingerprint density at radius 2 is 2.00 bits per heavy atom. The van der Waals surface area contributed by atoms with Gasteiger partial charge < -0.3 is 16.0 Å². The van der Waals surface area contributed by atoms with E-state index in [1.54, 1.807) is 19.2 Å². The number of carbonyl (C=O) groups is 2. The van der Waals surface area contributed by atoms with Crippen LogP contribution in [0.4, 0.5) is 5.69 Å². The van der Waals surface area contributed by atoms with E-state index in [0.29, 0.717) is 17.9 Å². The molecular formula is C16H23N3O2. The standard InChI is InChI=1S/C16H23N3O2/c1-11-3-4-13(16(21)17-2)10-14(11)19-15(20)9-12-5-7-18-8-6-12/h3-4,10,12,18H,5-9H2,1-2H3,(H,17,21)(H,19,20). The Labute approximate surface area is 125 Å². The molecule has 5 nitrogen and oxygen atoms in total. The van der Waals surface area contributed by atoms with Crippen molar-refractivity contribution < 1.29 is 9.59 Å². The normalized spacial score (nSPS) is 15.5. The number of anilines is 1. The number of hydrogen-bond donors (Lipinski definition) is 3. The SMILES string of the molecule is CNC(=O)c1ccc(C)c(NC(=O)CC2CCNCC2)c1. The van der Waals surface area contributed by atoms with E-state index in [1.807, 2.05) is 13.0 Å². The predicted molar refractivity (Wildman–Crippen MR) is 83.4 cm³/mol. The van der Waals surface area contributed by atoms with Gasteiger partial charge in [0.15, 0.2) is 0 Å². The number of carbonyl (C=O) groups excluding carboxylic acids is 2. The summed E-state index contributed by atoms with van der Waals surface area (Å²) in [4.78, 5) is 23.8. The molecule has 0 radical (unpaired) electrons. The lowest BCUT2D eigenvalue weighted by Crippen LogP contribution is -2.30. The third kappa shape index (κ3) is 4.29. The van der Waals surface area contributed by atoms with Crippen LogP contribution in [0.2, 0.25) is 0 Å². The molecule has 2 amide bonds. The molecule has 5 heteroatoms. The minimum atomic E-state index is -0.149. The number of piperidine rings is 1. The van der Waals surface area contributed by atoms with Crippen molar-refractivity contribution in [3.8, 4) is 0 Å². The average molecular weight is 289 g/mol. The first-order valence-electron chi connectivity index (χ1n) is 7.43. The van der Waals surface area contributed by atoms with Gasteiger partial charge in [0, 0.05) is 24.7 Å². The molecule has 0 aliphatic carbocycles. The number of nitrogens with one attached hydrogen (secondary N) is 3. The summed E-state index contributed by atoms with van der Waals surface area (Å²) in [5.74, 6) is 0.330. The van der Waals surface area contributed by atoms with Gasteiger partial charge in [0.2, 0.25) is 5.91 Å². The first kappa shape index (κ1) is 15.5. The second kappa shape index (κ2) is 7.22. The maximum absolute atomic E-state index is 12.2. The maximum Gasteiger partial charge on any atom is 0.251 e. The molecule has 1 fully saturated rings. The number of aryl methyl sites for hydroxylation is 1. The summed E-state index contributed by atoms with van der Waals surface area (Å²) in [6, 6.07) is 5.34. The van der Waals surface area contributed by atoms with Crippen LogP contribution in [0.15, 0.2) is 18.2 Å². The highest BCUT2D eigenvalue weighted by Gasteiger charge is 2.17. The minimum absolute atomic E-state index is 0.0269. The number of rotatable bonds is 4. The molecule has 0 bridgehead atoms. The van der Waals surface area contributed by atoms with Crippen molar-refractivity contribution >= 4 is 17.5 Å². The number of benzene rings is 1. The predicted octanol–water partition coefficient (Wildman–Crippen LogP) is 1.68. The van der Waals surface area contributed by atoms with E-state index in [-0.39, 0.29) is 11.8 Å². The molecule has 0 unspecified atom stereocenters. The molecule has 1 heterocycles. The van der Waals surface area contributed by atoms with Crippen LogP contribution in [0.5, 0.6) is 0 Å². The quantitative estimate of drug-likeness (QED) is 0.790. The highest BCUT2D eigenvalue weighted by atomic mass is 16.2. The van der Waals surface area contributed by atoms with Gasteiger partial charge in [-0.25, -0.2) is 0 Å². The van der Waals surface area contributed by atoms with E-state index in [0.717, 1.165) is 37.2 Å². The van der Waals surface area contributed by atoms with Crippen LogP contribution >= 0.6 is 0 Å². The first-order valence-corrected chi connectivity index (χ1v) is 7.43. The topological polar surface area (TPSA) is 70.2 Å². The molecule has 1 aliphatic heterocycles. The van der Waals surface area contributed by atoms with E-state index in [4.69, 9.17) is 0 Å². The van der Waals surface area contributed by atoms with Crippen LogP contribution in [0.25, 0.3) is 0 Å². The van der Waals surface area contributed by atoms with Crippen LogP contribution in [0.1, 0.15) is 35.2 Å². The Kier molecular flexibility index (Phi) is 5.33. The van der Waals surface area contributed by atoms with Gasteiger partial charge in [0.25, 0.3) is 5.91 Å². The Bertz CT molecular complexity index is 522. The third-order valence-corrected chi connectivity index (χ3v) is 3.93. The number of hydrogen-bond acceptors (Lipinski definition) is 3. The minimum Gasteiger partial charge on any atom is -0.355 e. The molecule has 1 saturated heterocycles. The smallest absolute Gasteiger partial charge is 0.251 e. The molecular weight excluding hydrogens is 266 g/mol. The second-order valence-corrected chi connectivity index (χ2v) is 5.55. The molecule has 0 spiro atoms. The Morgan fingerprint density at radius 3 is 2.67 bits per heavy atom. The largest absolute Gasteiger partial charge is 0.355 e. The molecule has 21 heavy (non-hydrogen) atoms. The zero-order chi connectivity index (χ0) is 15.2. The Hall–Kier alpha value is -1.88. The van der Waals surface area contributed by atoms with Crippen molar-refractivity contribution in [1.29, 1.82) is 0 Å². The van der Waals surface area contributed by atoms with Crippen LogP contribution in [0, 0.1) is 12.8 Å². The molecule has 0 aromatic heterocycles. The molecule has 1 aliphatic rings. The van der Waals surface area contributed by atoms with Crippen molar-refractivity contribution in [2.75, 3.05) is 25.5 Å². The summed E-state index contributed by atoms with van der Waals surface area (Å²) in [5, 5.41) is 8.82. The maximum atomic E-state index is 12.2. The van der Waals surface area contributed by atoms with Gasteiger partial charge in [-0.3, -0.25) is 9.59 Å². The van der Waals surface area contributed by atoms with E-state index < -0.39 is 0 Å². The monoisotopic (exact) mass is 289 g/mol. The number of amides is 2. The summed E-state index contributed by atoms with van der Waals surface area (Å²) >= 11 is 0. The third-order valence-electron chi connectivity index (χ3n) is 3.93. The van der Waals surface area contributed by atoms with Gasteiger partial charge in [-0.2, -0.15) is 0 Å². The van der Waals surface area contributed by atoms with Gasteiger partial charge >= 0.3 is 0 Å². The van der Waals surface area contributed by atoms with Crippen LogP contribution in [-0.2, 0) is 4.79 Å². The van der Waals surface area contributed by atoms with Crippen molar-refractivity contribution in [2.45, 2.75) is 26.2 Å². The van der Waals surface area contributed by atoms with Crippen molar-refractivity contribution in [1.82, 2.24) is 10.6 Å². The molecule has 0 saturated carbocycles. The van der Waals surface area contributed by atoms with E-state index in [2.05, 4.69) is 16.0 Å². The molecule has 1 aromatic carbocycles. The van der Waals surface area contributed by atoms with E-state index in [1.165, 1.54) is 0 Å². The summed E-state index contributed by atoms with van der Waals surface area (Å²) < 4.78 is 0. The fourth-order valence-electron chi connectivity index (χ4n) is 2.59. The Morgan fingerprint density at radius 1 is 1.29 bits per heavy atom. The van der Waals surface area contributed by atoms with E-state index >= 15 is 0 Å². The lowest BCUT2D eigenvalue weighted by molar-refractivity contribution is -0.117. The lowest BCUT2D eigenvalue weighted by Gasteiger charge is -2.22. The molecule has 3 N–H and O–H groups in total. The van der Waals surface area contributed by atoms with Crippen molar-refractivity contribution in [2.24, 2.45) is 5.92 Å². The van der Waals surface area contributed by atoms with Crippen LogP contribution < -0.4 is 16.0 Å². The fourth-order valence-corrected chi connectivity index (χ4v) is 2.59. The second-order valence-electron chi connectivity index (χ2n) is 5.55. The highest BCUT2D eigenvalue weighted by molar-refractivity contribution is 5.97. The van der Waals surface area contributed by atoms with E-state index in [9.17, 15) is 9.59 Å². The molecule has 1 aromatic rings. The van der Waals surface area contributed by atoms with Gasteiger partial charge in [-0.05, 0) is 56.5 Å². The average Bonchev–Trinajstić information content (AvgIpc) is 2.49. The lowest BCUT2D eigenvalue weighted by atomic mass is 9.94. The summed E-state index contributed by atoms with van der Waals surface area (Å²) in [6.07, 6.45) is 2.64. The van der Waals surface area contributed by atoms with Crippen LogP contribution in [0.3, 0.4) is 0 Å². The zero-order valence-corrected chi connectivity index (χ0v) is 12.7. The summed E-state index contributed by atoms with van der Waals surface area (Å²) in [6.45, 7) is 3.90. The molecule has 114 valence electrons. The first-order chi connectivity index (χ1) is 10.1. The van der Waals surface area contributed by atoms with Crippen molar-refractivity contribution in [3.05, 3.63) is 29.3 Å². The zero-order valence-electron chi connectivity index (χ0n) is 12.7. The van der Waals surface area contributed by atoms with Crippen molar-refractivity contribution in [3.63, 3.8) is 0 Å². The summed E-state index contributed by atoms with van der Waals surface area (Å²) in [5.41, 5.74) is 2.23. The Balaban J connectivity index is 2.00. The molecule has 0 atom stereocenters.